The Morgan fingerprint density at radius 1 is 1.40 bits per heavy atom. The van der Waals surface area contributed by atoms with E-state index in [4.69, 9.17) is 9.26 Å². The van der Waals surface area contributed by atoms with Gasteiger partial charge < -0.3 is 14.6 Å². The highest BCUT2D eigenvalue weighted by molar-refractivity contribution is 6.01. The predicted octanol–water partition coefficient (Wildman–Crippen LogP) is 3.03. The standard InChI is InChI=1S/C15H16N2O3/c1-3-19-13-7-4-12(5-8-13)6-9-15(18)16-14-10-11(2)20-17-14/h4-10H,3H2,1-2H3,(H,16,17,18)/b9-6+. The summed E-state index contributed by atoms with van der Waals surface area (Å²) < 4.78 is 10.2. The average Bonchev–Trinajstić information content (AvgIpc) is 2.84. The summed E-state index contributed by atoms with van der Waals surface area (Å²) in [5, 5.41) is 6.29. The molecule has 1 aromatic heterocycles. The number of carbonyl (C=O) groups is 1. The number of ether oxygens (including phenoxy) is 1. The first-order valence-electron chi connectivity index (χ1n) is 6.32. The molecule has 0 saturated carbocycles. The van der Waals surface area contributed by atoms with Crippen LogP contribution in [0.2, 0.25) is 0 Å². The van der Waals surface area contributed by atoms with Crippen molar-refractivity contribution in [2.24, 2.45) is 0 Å². The van der Waals surface area contributed by atoms with Crippen molar-refractivity contribution in [1.29, 1.82) is 0 Å². The van der Waals surface area contributed by atoms with Gasteiger partial charge in [0.2, 0.25) is 5.91 Å². The zero-order valence-electron chi connectivity index (χ0n) is 11.4. The van der Waals surface area contributed by atoms with Crippen molar-refractivity contribution in [3.05, 3.63) is 47.7 Å². The van der Waals surface area contributed by atoms with Crippen molar-refractivity contribution in [3.63, 3.8) is 0 Å². The van der Waals surface area contributed by atoms with Gasteiger partial charge in [-0.15, -0.1) is 0 Å². The van der Waals surface area contributed by atoms with Crippen molar-refractivity contribution in [2.75, 3.05) is 11.9 Å². The molecule has 1 heterocycles. The second-order valence-electron chi connectivity index (χ2n) is 4.15. The number of rotatable bonds is 5. The Kier molecular flexibility index (Phi) is 4.55. The van der Waals surface area contributed by atoms with E-state index in [1.165, 1.54) is 6.08 Å². The van der Waals surface area contributed by atoms with E-state index in [0.29, 0.717) is 18.2 Å². The van der Waals surface area contributed by atoms with Gasteiger partial charge in [0.1, 0.15) is 11.5 Å². The molecular formula is C15H16N2O3. The van der Waals surface area contributed by atoms with Crippen LogP contribution in [-0.4, -0.2) is 17.7 Å². The lowest BCUT2D eigenvalue weighted by atomic mass is 10.2. The van der Waals surface area contributed by atoms with Crippen molar-refractivity contribution >= 4 is 17.8 Å². The quantitative estimate of drug-likeness (QED) is 0.850. The maximum Gasteiger partial charge on any atom is 0.249 e. The van der Waals surface area contributed by atoms with Crippen molar-refractivity contribution in [1.82, 2.24) is 5.16 Å². The number of hydrogen-bond donors (Lipinski definition) is 1. The second kappa shape index (κ2) is 6.56. The normalized spacial score (nSPS) is 10.7. The molecule has 5 heteroatoms. The first kappa shape index (κ1) is 13.9. The second-order valence-corrected chi connectivity index (χ2v) is 4.15. The minimum absolute atomic E-state index is 0.257. The molecule has 0 aliphatic heterocycles. The van der Waals surface area contributed by atoms with E-state index in [1.807, 2.05) is 31.2 Å². The minimum Gasteiger partial charge on any atom is -0.494 e. The topological polar surface area (TPSA) is 64.4 Å². The number of amides is 1. The SMILES string of the molecule is CCOc1ccc(/C=C/C(=O)Nc2cc(C)on2)cc1. The van der Waals surface area contributed by atoms with Gasteiger partial charge in [0.15, 0.2) is 5.82 Å². The minimum atomic E-state index is -0.257. The van der Waals surface area contributed by atoms with Gasteiger partial charge in [0.05, 0.1) is 6.61 Å². The van der Waals surface area contributed by atoms with E-state index < -0.39 is 0 Å². The van der Waals surface area contributed by atoms with Gasteiger partial charge >= 0.3 is 0 Å². The molecule has 0 radical (unpaired) electrons. The summed E-state index contributed by atoms with van der Waals surface area (Å²) in [6.07, 6.45) is 3.16. The zero-order valence-corrected chi connectivity index (χ0v) is 11.4. The molecule has 2 rings (SSSR count). The molecule has 0 aliphatic carbocycles. The summed E-state index contributed by atoms with van der Waals surface area (Å²) in [5.74, 6) is 1.61. The molecule has 1 N–H and O–H groups in total. The Labute approximate surface area is 117 Å². The van der Waals surface area contributed by atoms with Crippen molar-refractivity contribution in [3.8, 4) is 5.75 Å². The Hall–Kier alpha value is -2.56. The Morgan fingerprint density at radius 2 is 2.15 bits per heavy atom. The van der Waals surface area contributed by atoms with Gasteiger partial charge in [-0.25, -0.2) is 0 Å². The molecule has 20 heavy (non-hydrogen) atoms. The van der Waals surface area contributed by atoms with Gasteiger partial charge in [0, 0.05) is 12.1 Å². The Morgan fingerprint density at radius 3 is 2.75 bits per heavy atom. The molecule has 104 valence electrons. The van der Waals surface area contributed by atoms with E-state index in [9.17, 15) is 4.79 Å². The Balaban J connectivity index is 1.93. The third-order valence-corrected chi connectivity index (χ3v) is 2.50. The lowest BCUT2D eigenvalue weighted by Crippen LogP contribution is -2.07. The van der Waals surface area contributed by atoms with E-state index in [-0.39, 0.29) is 5.91 Å². The number of anilines is 1. The molecule has 2 aromatic rings. The van der Waals surface area contributed by atoms with Crippen LogP contribution in [0.15, 0.2) is 40.9 Å². The van der Waals surface area contributed by atoms with Crippen LogP contribution in [0.4, 0.5) is 5.82 Å². The zero-order chi connectivity index (χ0) is 14.4. The number of aryl methyl sites for hydroxylation is 1. The number of carbonyl (C=O) groups excluding carboxylic acids is 1. The van der Waals surface area contributed by atoms with Gasteiger partial charge in [-0.05, 0) is 37.6 Å². The summed E-state index contributed by atoms with van der Waals surface area (Å²) in [7, 11) is 0. The highest BCUT2D eigenvalue weighted by Gasteiger charge is 2.02. The predicted molar refractivity (Wildman–Crippen MR) is 76.5 cm³/mol. The van der Waals surface area contributed by atoms with Gasteiger partial charge in [-0.3, -0.25) is 4.79 Å². The van der Waals surface area contributed by atoms with Crippen LogP contribution in [-0.2, 0) is 4.79 Å². The smallest absolute Gasteiger partial charge is 0.249 e. The highest BCUT2D eigenvalue weighted by Crippen LogP contribution is 2.13. The van der Waals surface area contributed by atoms with E-state index in [1.54, 1.807) is 19.1 Å². The first-order chi connectivity index (χ1) is 9.67. The molecule has 1 amide bonds. The highest BCUT2D eigenvalue weighted by atomic mass is 16.5. The van der Waals surface area contributed by atoms with Gasteiger partial charge in [-0.1, -0.05) is 17.3 Å². The molecule has 0 saturated heterocycles. The number of aromatic nitrogens is 1. The molecule has 1 aromatic carbocycles. The number of nitrogens with one attached hydrogen (secondary N) is 1. The van der Waals surface area contributed by atoms with Gasteiger partial charge in [0.25, 0.3) is 0 Å². The maximum absolute atomic E-state index is 11.7. The first-order valence-corrected chi connectivity index (χ1v) is 6.32. The third-order valence-electron chi connectivity index (χ3n) is 2.50. The molecule has 5 nitrogen and oxygen atoms in total. The van der Waals surface area contributed by atoms with Crippen LogP contribution in [0.1, 0.15) is 18.2 Å². The number of nitrogens with zero attached hydrogens (tertiary/aromatic N) is 1. The molecule has 0 unspecified atom stereocenters. The van der Waals surface area contributed by atoms with Crippen molar-refractivity contribution < 1.29 is 14.1 Å². The Bertz CT molecular complexity index is 600. The lowest BCUT2D eigenvalue weighted by Gasteiger charge is -2.02. The van der Waals surface area contributed by atoms with Crippen LogP contribution < -0.4 is 10.1 Å². The van der Waals surface area contributed by atoms with Crippen molar-refractivity contribution in [2.45, 2.75) is 13.8 Å². The molecule has 0 spiro atoms. The third kappa shape index (κ3) is 3.98. The summed E-state index contributed by atoms with van der Waals surface area (Å²) in [6, 6.07) is 9.15. The molecule has 0 fully saturated rings. The van der Waals surface area contributed by atoms with E-state index in [0.717, 1.165) is 11.3 Å². The summed E-state index contributed by atoms with van der Waals surface area (Å²) >= 11 is 0. The van der Waals surface area contributed by atoms with Crippen LogP contribution >= 0.6 is 0 Å². The van der Waals surface area contributed by atoms with E-state index >= 15 is 0 Å². The fourth-order valence-electron chi connectivity index (χ4n) is 1.61. The monoisotopic (exact) mass is 272 g/mol. The maximum atomic E-state index is 11.7. The van der Waals surface area contributed by atoms with Gasteiger partial charge in [-0.2, -0.15) is 0 Å². The molecular weight excluding hydrogens is 256 g/mol. The summed E-state index contributed by atoms with van der Waals surface area (Å²) in [4.78, 5) is 11.7. The lowest BCUT2D eigenvalue weighted by molar-refractivity contribution is -0.111. The van der Waals surface area contributed by atoms with Crippen LogP contribution in [0.25, 0.3) is 6.08 Å². The summed E-state index contributed by atoms with van der Waals surface area (Å²) in [6.45, 7) is 4.33. The molecule has 0 bridgehead atoms. The largest absolute Gasteiger partial charge is 0.494 e. The summed E-state index contributed by atoms with van der Waals surface area (Å²) in [5.41, 5.74) is 0.917. The number of benzene rings is 1. The average molecular weight is 272 g/mol. The van der Waals surface area contributed by atoms with E-state index in [2.05, 4.69) is 10.5 Å². The van der Waals surface area contributed by atoms with Crippen LogP contribution in [0.3, 0.4) is 0 Å². The molecule has 0 atom stereocenters. The van der Waals surface area contributed by atoms with Crippen LogP contribution in [0, 0.1) is 6.92 Å². The fraction of sp³-hybridized carbons (Fsp3) is 0.200. The number of hydrogen-bond acceptors (Lipinski definition) is 4. The molecule has 0 aliphatic rings. The van der Waals surface area contributed by atoms with Crippen LogP contribution in [0.5, 0.6) is 5.75 Å². The fourth-order valence-corrected chi connectivity index (χ4v) is 1.61.